The van der Waals surface area contributed by atoms with Crippen molar-refractivity contribution >= 4 is 22.9 Å². The SMILES string of the molecule is CCCNCCOCCc1sccc1Cl. The molecule has 0 fully saturated rings. The van der Waals surface area contributed by atoms with Crippen molar-refractivity contribution in [2.45, 2.75) is 19.8 Å². The van der Waals surface area contributed by atoms with Gasteiger partial charge >= 0.3 is 0 Å². The Morgan fingerprint density at radius 3 is 2.93 bits per heavy atom. The van der Waals surface area contributed by atoms with E-state index in [1.807, 2.05) is 11.4 Å². The minimum atomic E-state index is 0.758. The first-order chi connectivity index (χ1) is 7.34. The number of halogens is 1. The van der Waals surface area contributed by atoms with Crippen LogP contribution in [0.1, 0.15) is 18.2 Å². The predicted octanol–water partition coefficient (Wildman–Crippen LogP) is 2.96. The summed E-state index contributed by atoms with van der Waals surface area (Å²) < 4.78 is 5.49. The van der Waals surface area contributed by atoms with Gasteiger partial charge in [0.05, 0.1) is 18.2 Å². The highest BCUT2D eigenvalue weighted by atomic mass is 35.5. The van der Waals surface area contributed by atoms with Crippen LogP contribution in [0.3, 0.4) is 0 Å². The van der Waals surface area contributed by atoms with E-state index in [4.69, 9.17) is 16.3 Å². The van der Waals surface area contributed by atoms with Gasteiger partial charge in [-0.05, 0) is 24.4 Å². The van der Waals surface area contributed by atoms with Gasteiger partial charge in [-0.1, -0.05) is 18.5 Å². The quantitative estimate of drug-likeness (QED) is 0.714. The molecule has 0 radical (unpaired) electrons. The molecule has 0 spiro atoms. The molecule has 1 aromatic rings. The van der Waals surface area contributed by atoms with Crippen LogP contribution in [0, 0.1) is 0 Å². The van der Waals surface area contributed by atoms with Gasteiger partial charge in [-0.3, -0.25) is 0 Å². The number of ether oxygens (including phenoxy) is 1. The second-order valence-electron chi connectivity index (χ2n) is 3.30. The van der Waals surface area contributed by atoms with Crippen molar-refractivity contribution in [3.8, 4) is 0 Å². The van der Waals surface area contributed by atoms with Crippen LogP contribution < -0.4 is 5.32 Å². The Kier molecular flexibility index (Phi) is 7.01. The largest absolute Gasteiger partial charge is 0.380 e. The lowest BCUT2D eigenvalue weighted by atomic mass is 10.3. The maximum Gasteiger partial charge on any atom is 0.0591 e. The van der Waals surface area contributed by atoms with Gasteiger partial charge in [0.25, 0.3) is 0 Å². The molecule has 15 heavy (non-hydrogen) atoms. The number of hydrogen-bond acceptors (Lipinski definition) is 3. The fraction of sp³-hybridized carbons (Fsp3) is 0.636. The van der Waals surface area contributed by atoms with Gasteiger partial charge in [-0.15, -0.1) is 11.3 Å². The molecular formula is C11H18ClNOS. The van der Waals surface area contributed by atoms with Gasteiger partial charge in [0.1, 0.15) is 0 Å². The third kappa shape index (κ3) is 5.52. The molecule has 2 nitrogen and oxygen atoms in total. The fourth-order valence-corrected chi connectivity index (χ4v) is 2.33. The normalized spacial score (nSPS) is 10.8. The molecule has 0 bridgehead atoms. The van der Waals surface area contributed by atoms with Crippen molar-refractivity contribution in [2.75, 3.05) is 26.3 Å². The molecule has 0 amide bonds. The average Bonchev–Trinajstić information content (AvgIpc) is 2.63. The lowest BCUT2D eigenvalue weighted by Crippen LogP contribution is -2.20. The minimum absolute atomic E-state index is 0.758. The molecule has 0 aliphatic carbocycles. The molecule has 1 aromatic heterocycles. The summed E-state index contributed by atoms with van der Waals surface area (Å²) in [6, 6.07) is 1.93. The van der Waals surface area contributed by atoms with E-state index in [-0.39, 0.29) is 0 Å². The summed E-state index contributed by atoms with van der Waals surface area (Å²) in [5.74, 6) is 0. The molecular weight excluding hydrogens is 230 g/mol. The Hall–Kier alpha value is -0.0900. The smallest absolute Gasteiger partial charge is 0.0591 e. The third-order valence-electron chi connectivity index (χ3n) is 2.01. The molecule has 0 unspecified atom stereocenters. The van der Waals surface area contributed by atoms with Crippen molar-refractivity contribution in [2.24, 2.45) is 0 Å². The van der Waals surface area contributed by atoms with Crippen molar-refractivity contribution in [1.82, 2.24) is 5.32 Å². The van der Waals surface area contributed by atoms with E-state index in [9.17, 15) is 0 Å². The molecule has 4 heteroatoms. The van der Waals surface area contributed by atoms with Crippen molar-refractivity contribution in [1.29, 1.82) is 0 Å². The van der Waals surface area contributed by atoms with Gasteiger partial charge in [-0.25, -0.2) is 0 Å². The maximum absolute atomic E-state index is 5.96. The zero-order valence-corrected chi connectivity index (χ0v) is 10.7. The summed E-state index contributed by atoms with van der Waals surface area (Å²) in [7, 11) is 0. The average molecular weight is 248 g/mol. The van der Waals surface area contributed by atoms with E-state index in [2.05, 4.69) is 12.2 Å². The van der Waals surface area contributed by atoms with Crippen LogP contribution in [0.25, 0.3) is 0 Å². The molecule has 86 valence electrons. The van der Waals surface area contributed by atoms with E-state index in [0.29, 0.717) is 0 Å². The van der Waals surface area contributed by atoms with Crippen LogP contribution in [0.5, 0.6) is 0 Å². The monoisotopic (exact) mass is 247 g/mol. The Morgan fingerprint density at radius 2 is 2.27 bits per heavy atom. The summed E-state index contributed by atoms with van der Waals surface area (Å²) >= 11 is 7.66. The summed E-state index contributed by atoms with van der Waals surface area (Å²) in [6.45, 7) is 5.70. The minimum Gasteiger partial charge on any atom is -0.380 e. The zero-order chi connectivity index (χ0) is 10.9. The van der Waals surface area contributed by atoms with Gasteiger partial charge in [0, 0.05) is 17.8 Å². The third-order valence-corrected chi connectivity index (χ3v) is 3.46. The second-order valence-corrected chi connectivity index (χ2v) is 4.71. The molecule has 1 N–H and O–H groups in total. The van der Waals surface area contributed by atoms with Gasteiger partial charge in [-0.2, -0.15) is 0 Å². The molecule has 0 aromatic carbocycles. The molecule has 0 saturated heterocycles. The van der Waals surface area contributed by atoms with Gasteiger partial charge in [0.2, 0.25) is 0 Å². The predicted molar refractivity (Wildman–Crippen MR) is 67.0 cm³/mol. The second kappa shape index (κ2) is 8.11. The lowest BCUT2D eigenvalue weighted by Gasteiger charge is -2.04. The van der Waals surface area contributed by atoms with Crippen LogP contribution in [0.4, 0.5) is 0 Å². The standard InChI is InChI=1S/C11H18ClNOS/c1-2-5-13-6-8-14-7-3-11-10(12)4-9-15-11/h4,9,13H,2-3,5-8H2,1H3. The van der Waals surface area contributed by atoms with E-state index < -0.39 is 0 Å². The van der Waals surface area contributed by atoms with E-state index >= 15 is 0 Å². The van der Waals surface area contributed by atoms with Crippen molar-refractivity contribution < 1.29 is 4.74 Å². The van der Waals surface area contributed by atoms with E-state index in [1.165, 1.54) is 11.3 Å². The van der Waals surface area contributed by atoms with E-state index in [0.717, 1.165) is 37.7 Å². The Balaban J connectivity index is 1.96. The van der Waals surface area contributed by atoms with Crippen molar-refractivity contribution in [3.63, 3.8) is 0 Å². The number of rotatable bonds is 8. The molecule has 0 aliphatic rings. The highest BCUT2D eigenvalue weighted by Gasteiger charge is 2.00. The van der Waals surface area contributed by atoms with Crippen molar-refractivity contribution in [3.05, 3.63) is 21.3 Å². The maximum atomic E-state index is 5.96. The summed E-state index contributed by atoms with van der Waals surface area (Å²) in [6.07, 6.45) is 2.09. The van der Waals surface area contributed by atoms with Crippen LogP contribution in [-0.4, -0.2) is 26.3 Å². The summed E-state index contributed by atoms with van der Waals surface area (Å²) in [5, 5.41) is 6.17. The first-order valence-corrected chi connectivity index (χ1v) is 6.60. The van der Waals surface area contributed by atoms with Gasteiger partial charge < -0.3 is 10.1 Å². The van der Waals surface area contributed by atoms with Crippen LogP contribution in [0.15, 0.2) is 11.4 Å². The van der Waals surface area contributed by atoms with Crippen LogP contribution in [0.2, 0.25) is 5.02 Å². The molecule has 0 atom stereocenters. The topological polar surface area (TPSA) is 21.3 Å². The summed E-state index contributed by atoms with van der Waals surface area (Å²) in [5.41, 5.74) is 0. The number of thiophene rings is 1. The molecule has 1 heterocycles. The van der Waals surface area contributed by atoms with Gasteiger partial charge in [0.15, 0.2) is 0 Å². The number of hydrogen-bond donors (Lipinski definition) is 1. The highest BCUT2D eigenvalue weighted by Crippen LogP contribution is 2.22. The Morgan fingerprint density at radius 1 is 1.40 bits per heavy atom. The first kappa shape index (κ1) is 13.0. The summed E-state index contributed by atoms with van der Waals surface area (Å²) in [4.78, 5) is 1.22. The highest BCUT2D eigenvalue weighted by molar-refractivity contribution is 7.10. The van der Waals surface area contributed by atoms with E-state index in [1.54, 1.807) is 11.3 Å². The zero-order valence-electron chi connectivity index (χ0n) is 9.09. The van der Waals surface area contributed by atoms with Crippen LogP contribution in [-0.2, 0) is 11.2 Å². The Bertz CT molecular complexity index is 265. The lowest BCUT2D eigenvalue weighted by molar-refractivity contribution is 0.139. The first-order valence-electron chi connectivity index (χ1n) is 5.35. The Labute approximate surface area is 101 Å². The van der Waals surface area contributed by atoms with Crippen LogP contribution >= 0.6 is 22.9 Å². The molecule has 0 saturated carbocycles. The molecule has 0 aliphatic heterocycles. The number of nitrogens with one attached hydrogen (secondary N) is 1. The molecule has 1 rings (SSSR count). The fourth-order valence-electron chi connectivity index (χ4n) is 1.22.